The summed E-state index contributed by atoms with van der Waals surface area (Å²) in [7, 11) is 0. The lowest BCUT2D eigenvalue weighted by molar-refractivity contribution is 0.156. The average Bonchev–Trinajstić information content (AvgIpc) is 2.81. The standard InChI is InChI=1S/C30H48/c1-3-5-23-7-11-25(12-8-23)27-15-19-29(20-16-27)30-21-17-28(18-22-30)26-13-9-24(6-4-2)10-14-26/h15-16,19-20,23-26,28,30H,3-14,17-18,21-22H2,1-2H3/t23-,24-,25-,26-,28-,30-. The Labute approximate surface area is 187 Å². The Morgan fingerprint density at radius 3 is 1.23 bits per heavy atom. The van der Waals surface area contributed by atoms with Gasteiger partial charge in [0.25, 0.3) is 0 Å². The second-order valence-corrected chi connectivity index (χ2v) is 11.4. The van der Waals surface area contributed by atoms with Crippen molar-refractivity contribution < 1.29 is 0 Å². The van der Waals surface area contributed by atoms with Crippen LogP contribution in [0.4, 0.5) is 0 Å². The summed E-state index contributed by atoms with van der Waals surface area (Å²) in [4.78, 5) is 0. The number of hydrogen-bond acceptors (Lipinski definition) is 0. The summed E-state index contributed by atoms with van der Waals surface area (Å²) in [6.45, 7) is 4.70. The highest BCUT2D eigenvalue weighted by Crippen LogP contribution is 2.45. The Kier molecular flexibility index (Phi) is 8.36. The zero-order valence-corrected chi connectivity index (χ0v) is 20.1. The molecule has 0 spiro atoms. The average molecular weight is 409 g/mol. The number of benzene rings is 1. The SMILES string of the molecule is CCC[C@H]1CC[C@H](c2ccc([C@H]3CC[C@H]([C@H]4CC[C@H](CCC)CC4)CC3)cc2)CC1. The molecule has 0 heteroatoms. The molecule has 1 aromatic rings. The van der Waals surface area contributed by atoms with Crippen LogP contribution in [0.15, 0.2) is 24.3 Å². The Bertz CT molecular complexity index is 589. The Morgan fingerprint density at radius 2 is 0.833 bits per heavy atom. The van der Waals surface area contributed by atoms with Crippen molar-refractivity contribution in [2.24, 2.45) is 23.7 Å². The molecule has 30 heavy (non-hydrogen) atoms. The zero-order chi connectivity index (χ0) is 20.8. The van der Waals surface area contributed by atoms with Crippen molar-refractivity contribution in [3.8, 4) is 0 Å². The first-order valence-electron chi connectivity index (χ1n) is 13.9. The van der Waals surface area contributed by atoms with E-state index in [1.807, 2.05) is 0 Å². The van der Waals surface area contributed by atoms with Gasteiger partial charge < -0.3 is 0 Å². The third-order valence-electron chi connectivity index (χ3n) is 9.45. The molecule has 0 bridgehead atoms. The molecule has 0 amide bonds. The normalized spacial score (nSPS) is 35.3. The highest BCUT2D eigenvalue weighted by atomic mass is 14.4. The minimum Gasteiger partial charge on any atom is -0.0654 e. The van der Waals surface area contributed by atoms with Crippen LogP contribution in [0.25, 0.3) is 0 Å². The van der Waals surface area contributed by atoms with Crippen molar-refractivity contribution in [3.05, 3.63) is 35.4 Å². The topological polar surface area (TPSA) is 0 Å². The van der Waals surface area contributed by atoms with Gasteiger partial charge >= 0.3 is 0 Å². The summed E-state index contributed by atoms with van der Waals surface area (Å²) in [5.74, 6) is 5.86. The fourth-order valence-electron chi connectivity index (χ4n) is 7.51. The minimum atomic E-state index is 0.839. The molecular weight excluding hydrogens is 360 g/mol. The van der Waals surface area contributed by atoms with Gasteiger partial charge in [0.2, 0.25) is 0 Å². The quantitative estimate of drug-likeness (QED) is 0.421. The van der Waals surface area contributed by atoms with E-state index in [2.05, 4.69) is 38.1 Å². The zero-order valence-electron chi connectivity index (χ0n) is 20.1. The number of hydrogen-bond donors (Lipinski definition) is 0. The van der Waals surface area contributed by atoms with Crippen LogP contribution in [-0.2, 0) is 0 Å². The van der Waals surface area contributed by atoms with Crippen LogP contribution < -0.4 is 0 Å². The maximum atomic E-state index is 2.51. The summed E-state index contributed by atoms with van der Waals surface area (Å²) in [6, 6.07) is 10.0. The Balaban J connectivity index is 1.23. The first-order valence-corrected chi connectivity index (χ1v) is 13.9. The predicted molar refractivity (Wildman–Crippen MR) is 131 cm³/mol. The van der Waals surface area contributed by atoms with Crippen LogP contribution >= 0.6 is 0 Å². The van der Waals surface area contributed by atoms with Crippen molar-refractivity contribution in [1.82, 2.24) is 0 Å². The van der Waals surface area contributed by atoms with Crippen molar-refractivity contribution in [2.75, 3.05) is 0 Å². The van der Waals surface area contributed by atoms with E-state index >= 15 is 0 Å². The van der Waals surface area contributed by atoms with Gasteiger partial charge in [0.1, 0.15) is 0 Å². The van der Waals surface area contributed by atoms with Crippen LogP contribution in [0, 0.1) is 23.7 Å². The van der Waals surface area contributed by atoms with Gasteiger partial charge in [-0.1, -0.05) is 76.6 Å². The molecule has 3 saturated carbocycles. The Morgan fingerprint density at radius 1 is 0.500 bits per heavy atom. The van der Waals surface area contributed by atoms with Crippen LogP contribution in [-0.4, -0.2) is 0 Å². The highest BCUT2D eigenvalue weighted by molar-refractivity contribution is 5.28. The molecule has 3 aliphatic rings. The van der Waals surface area contributed by atoms with E-state index in [4.69, 9.17) is 0 Å². The highest BCUT2D eigenvalue weighted by Gasteiger charge is 2.31. The van der Waals surface area contributed by atoms with Crippen LogP contribution in [0.3, 0.4) is 0 Å². The molecule has 3 aliphatic carbocycles. The van der Waals surface area contributed by atoms with E-state index in [-0.39, 0.29) is 0 Å². The minimum absolute atomic E-state index is 0.839. The van der Waals surface area contributed by atoms with E-state index in [9.17, 15) is 0 Å². The molecule has 4 rings (SSSR count). The predicted octanol–water partition coefficient (Wildman–Crippen LogP) is 9.64. The van der Waals surface area contributed by atoms with Gasteiger partial charge in [-0.05, 0) is 111 Å². The first kappa shape index (κ1) is 22.4. The van der Waals surface area contributed by atoms with Crippen molar-refractivity contribution in [3.63, 3.8) is 0 Å². The van der Waals surface area contributed by atoms with Gasteiger partial charge in [-0.3, -0.25) is 0 Å². The molecule has 168 valence electrons. The monoisotopic (exact) mass is 408 g/mol. The van der Waals surface area contributed by atoms with Crippen LogP contribution in [0.1, 0.15) is 140 Å². The lowest BCUT2D eigenvalue weighted by Gasteiger charge is -2.38. The summed E-state index contributed by atoms with van der Waals surface area (Å²) < 4.78 is 0. The molecule has 0 radical (unpaired) electrons. The van der Waals surface area contributed by atoms with Gasteiger partial charge in [-0.25, -0.2) is 0 Å². The van der Waals surface area contributed by atoms with Crippen molar-refractivity contribution in [1.29, 1.82) is 0 Å². The van der Waals surface area contributed by atoms with E-state index < -0.39 is 0 Å². The molecule has 0 aromatic heterocycles. The van der Waals surface area contributed by atoms with Crippen molar-refractivity contribution >= 4 is 0 Å². The van der Waals surface area contributed by atoms with E-state index in [0.29, 0.717) is 0 Å². The smallest absolute Gasteiger partial charge is 0.0162 e. The lowest BCUT2D eigenvalue weighted by atomic mass is 9.68. The molecule has 3 fully saturated rings. The fourth-order valence-corrected chi connectivity index (χ4v) is 7.51. The van der Waals surface area contributed by atoms with E-state index in [1.54, 1.807) is 11.1 Å². The summed E-state index contributed by atoms with van der Waals surface area (Å²) >= 11 is 0. The van der Waals surface area contributed by atoms with Gasteiger partial charge in [0.05, 0.1) is 0 Å². The lowest BCUT2D eigenvalue weighted by Crippen LogP contribution is -2.25. The van der Waals surface area contributed by atoms with Gasteiger partial charge in [-0.2, -0.15) is 0 Å². The molecule has 0 atom stereocenters. The second kappa shape index (κ2) is 11.2. The molecule has 0 unspecified atom stereocenters. The molecule has 0 saturated heterocycles. The molecular formula is C30H48. The Hall–Kier alpha value is -0.780. The molecule has 0 aliphatic heterocycles. The summed E-state index contributed by atoms with van der Waals surface area (Å²) in [5, 5.41) is 0. The molecule has 0 heterocycles. The van der Waals surface area contributed by atoms with Gasteiger partial charge in [0, 0.05) is 0 Å². The van der Waals surface area contributed by atoms with Gasteiger partial charge in [0.15, 0.2) is 0 Å². The molecule has 0 N–H and O–H groups in total. The largest absolute Gasteiger partial charge is 0.0654 e. The van der Waals surface area contributed by atoms with Crippen LogP contribution in [0.5, 0.6) is 0 Å². The maximum Gasteiger partial charge on any atom is -0.0162 e. The second-order valence-electron chi connectivity index (χ2n) is 11.4. The maximum absolute atomic E-state index is 2.51. The van der Waals surface area contributed by atoms with E-state index in [0.717, 1.165) is 35.5 Å². The first-order chi connectivity index (χ1) is 14.8. The summed E-state index contributed by atoms with van der Waals surface area (Å²) in [6.07, 6.45) is 23.5. The van der Waals surface area contributed by atoms with E-state index in [1.165, 1.54) is 103 Å². The third-order valence-corrected chi connectivity index (χ3v) is 9.45. The van der Waals surface area contributed by atoms with Gasteiger partial charge in [-0.15, -0.1) is 0 Å². The molecule has 0 nitrogen and oxygen atoms in total. The fraction of sp³-hybridized carbons (Fsp3) is 0.800. The summed E-state index contributed by atoms with van der Waals surface area (Å²) in [5.41, 5.74) is 3.27. The van der Waals surface area contributed by atoms with Crippen molar-refractivity contribution in [2.45, 2.75) is 128 Å². The number of rotatable bonds is 7. The third kappa shape index (κ3) is 5.72. The van der Waals surface area contributed by atoms with Crippen LogP contribution in [0.2, 0.25) is 0 Å². The molecule has 1 aromatic carbocycles.